The summed E-state index contributed by atoms with van der Waals surface area (Å²) in [5.74, 6) is -3.19. The van der Waals surface area contributed by atoms with Crippen LogP contribution in [0.1, 0.15) is 45.1 Å². The summed E-state index contributed by atoms with van der Waals surface area (Å²) in [6.45, 7) is 8.12. The van der Waals surface area contributed by atoms with Crippen LogP contribution in [-0.2, 0) is 15.3 Å². The van der Waals surface area contributed by atoms with Gasteiger partial charge in [-0.25, -0.2) is 4.79 Å². The maximum Gasteiger partial charge on any atom is 0.336 e. The highest BCUT2D eigenvalue weighted by molar-refractivity contribution is 5.91. The number of hydrogen-bond donors (Lipinski definition) is 4. The van der Waals surface area contributed by atoms with E-state index in [1.807, 2.05) is 13.8 Å². The minimum Gasteiger partial charge on any atom is -0.508 e. The van der Waals surface area contributed by atoms with Crippen LogP contribution in [0.5, 0.6) is 11.5 Å². The van der Waals surface area contributed by atoms with Gasteiger partial charge in [-0.15, -0.1) is 0 Å². The van der Waals surface area contributed by atoms with Crippen LogP contribution in [0.25, 0.3) is 0 Å². The fraction of sp³-hybridized carbons (Fsp3) is 0.476. The average molecular weight is 374 g/mol. The number of aromatic hydroxyl groups is 2. The summed E-state index contributed by atoms with van der Waals surface area (Å²) in [4.78, 5) is 12.3. The van der Waals surface area contributed by atoms with Gasteiger partial charge >= 0.3 is 5.97 Å². The molecular weight excluding hydrogens is 348 g/mol. The molecule has 6 heteroatoms. The molecule has 1 saturated carbocycles. The van der Waals surface area contributed by atoms with Crippen molar-refractivity contribution in [2.45, 2.75) is 51.4 Å². The molecule has 1 heterocycles. The number of phenols is 2. The summed E-state index contributed by atoms with van der Waals surface area (Å²) in [5.41, 5.74) is 0.906. The van der Waals surface area contributed by atoms with E-state index in [1.54, 1.807) is 0 Å². The molecule has 0 spiro atoms. The summed E-state index contributed by atoms with van der Waals surface area (Å²) in [7, 11) is 0. The maximum absolute atomic E-state index is 12.3. The molecule has 0 aromatic heterocycles. The summed E-state index contributed by atoms with van der Waals surface area (Å²) in [6, 6.07) is 3.65. The van der Waals surface area contributed by atoms with E-state index in [4.69, 9.17) is 4.74 Å². The fourth-order valence-electron chi connectivity index (χ4n) is 4.15. The number of ether oxygens (including phenoxy) is 1. The van der Waals surface area contributed by atoms with Gasteiger partial charge in [-0.2, -0.15) is 0 Å². The first-order valence-corrected chi connectivity index (χ1v) is 9.10. The number of hydrogen-bond acceptors (Lipinski definition) is 6. The number of aliphatic hydroxyl groups excluding tert-OH is 1. The van der Waals surface area contributed by atoms with Gasteiger partial charge in [0.25, 0.3) is 5.79 Å². The maximum atomic E-state index is 12.3. The van der Waals surface area contributed by atoms with Crippen LogP contribution in [0.2, 0.25) is 0 Å². The smallest absolute Gasteiger partial charge is 0.336 e. The molecule has 27 heavy (non-hydrogen) atoms. The van der Waals surface area contributed by atoms with Crippen LogP contribution in [0.4, 0.5) is 0 Å². The Bertz CT molecular complexity index is 809. The van der Waals surface area contributed by atoms with Gasteiger partial charge in [0.2, 0.25) is 0 Å². The summed E-state index contributed by atoms with van der Waals surface area (Å²) in [6.07, 6.45) is 3.22. The van der Waals surface area contributed by atoms with Gasteiger partial charge in [0.05, 0.1) is 11.7 Å². The third-order valence-electron chi connectivity index (χ3n) is 5.94. The molecule has 0 amide bonds. The second-order valence-electron chi connectivity index (χ2n) is 8.08. The number of benzene rings is 1. The lowest BCUT2D eigenvalue weighted by Crippen LogP contribution is -2.41. The molecule has 1 aromatic carbocycles. The van der Waals surface area contributed by atoms with Crippen LogP contribution < -0.4 is 0 Å². The first kappa shape index (κ1) is 19.5. The number of rotatable bonds is 4. The largest absolute Gasteiger partial charge is 0.508 e. The zero-order valence-electron chi connectivity index (χ0n) is 15.6. The predicted molar refractivity (Wildman–Crippen MR) is 98.7 cm³/mol. The van der Waals surface area contributed by atoms with Crippen molar-refractivity contribution in [3.8, 4) is 11.5 Å². The quantitative estimate of drug-likeness (QED) is 0.367. The zero-order valence-corrected chi connectivity index (χ0v) is 15.6. The first-order valence-electron chi connectivity index (χ1n) is 9.10. The van der Waals surface area contributed by atoms with E-state index >= 15 is 0 Å². The van der Waals surface area contributed by atoms with Crippen LogP contribution >= 0.6 is 0 Å². The number of aliphatic hydroxyl groups is 2. The van der Waals surface area contributed by atoms with E-state index in [9.17, 15) is 25.2 Å². The lowest BCUT2D eigenvalue weighted by Gasteiger charge is -2.44. The van der Waals surface area contributed by atoms with Gasteiger partial charge < -0.3 is 25.2 Å². The first-order chi connectivity index (χ1) is 12.5. The van der Waals surface area contributed by atoms with Gasteiger partial charge in [0.15, 0.2) is 0 Å². The van der Waals surface area contributed by atoms with Crippen molar-refractivity contribution in [3.05, 3.63) is 47.6 Å². The minimum atomic E-state index is -2.12. The zero-order chi connectivity index (χ0) is 20.0. The van der Waals surface area contributed by atoms with Gasteiger partial charge in [-0.1, -0.05) is 26.0 Å². The summed E-state index contributed by atoms with van der Waals surface area (Å²) >= 11 is 0. The SMILES string of the molecule is C=C1CC[C@H](O)C(C)(C)[C@@H]1CCC1=CC(O)(c2cc(O)ccc2O)OC1=O. The Balaban J connectivity index is 1.81. The molecule has 3 rings (SSSR count). The predicted octanol–water partition coefficient (Wildman–Crippen LogP) is 2.86. The highest BCUT2D eigenvalue weighted by Crippen LogP contribution is 2.47. The third-order valence-corrected chi connectivity index (χ3v) is 5.94. The Morgan fingerprint density at radius 2 is 2.00 bits per heavy atom. The lowest BCUT2D eigenvalue weighted by atomic mass is 9.63. The topological polar surface area (TPSA) is 107 Å². The van der Waals surface area contributed by atoms with E-state index in [1.165, 1.54) is 18.2 Å². The molecule has 146 valence electrons. The van der Waals surface area contributed by atoms with Crippen molar-refractivity contribution in [1.82, 2.24) is 0 Å². The second kappa shape index (κ2) is 6.69. The molecule has 0 radical (unpaired) electrons. The summed E-state index contributed by atoms with van der Waals surface area (Å²) in [5, 5.41) is 40.6. The van der Waals surface area contributed by atoms with Crippen LogP contribution in [0, 0.1) is 11.3 Å². The standard InChI is InChI=1S/C21H26O6/c1-12-4-9-18(24)20(2,3)15(12)7-5-13-11-21(26,27-19(13)25)16-10-14(22)6-8-17(16)23/h6,8,10-11,15,18,22-24,26H,1,4-5,7,9H2,2-3H3/t15-,18+,21?/m1/s1. The van der Waals surface area contributed by atoms with Crippen molar-refractivity contribution >= 4 is 5.97 Å². The van der Waals surface area contributed by atoms with E-state index in [0.717, 1.165) is 18.1 Å². The van der Waals surface area contributed by atoms with Crippen molar-refractivity contribution in [1.29, 1.82) is 0 Å². The van der Waals surface area contributed by atoms with Crippen molar-refractivity contribution in [3.63, 3.8) is 0 Å². The summed E-state index contributed by atoms with van der Waals surface area (Å²) < 4.78 is 5.10. The number of carbonyl (C=O) groups excluding carboxylic acids is 1. The van der Waals surface area contributed by atoms with Gasteiger partial charge in [0, 0.05) is 11.6 Å². The second-order valence-corrected chi connectivity index (χ2v) is 8.08. The molecule has 1 aromatic rings. The number of cyclic esters (lactones) is 1. The van der Waals surface area contributed by atoms with E-state index in [0.29, 0.717) is 24.8 Å². The molecule has 4 N–H and O–H groups in total. The van der Waals surface area contributed by atoms with Gasteiger partial charge in [-0.05, 0) is 55.2 Å². The minimum absolute atomic E-state index is 0.0396. The van der Waals surface area contributed by atoms with Crippen molar-refractivity contribution in [2.24, 2.45) is 11.3 Å². The molecule has 2 aliphatic rings. The Kier molecular flexibility index (Phi) is 4.82. The molecule has 0 bridgehead atoms. The molecule has 6 nitrogen and oxygen atoms in total. The van der Waals surface area contributed by atoms with Crippen molar-refractivity contribution in [2.75, 3.05) is 0 Å². The van der Waals surface area contributed by atoms with Gasteiger partial charge in [-0.3, -0.25) is 0 Å². The number of carbonyl (C=O) groups is 1. The van der Waals surface area contributed by atoms with E-state index in [-0.39, 0.29) is 28.4 Å². The molecule has 1 fully saturated rings. The number of phenolic OH excluding ortho intramolecular Hbond substituents is 2. The van der Waals surface area contributed by atoms with E-state index < -0.39 is 17.9 Å². The molecular formula is C21H26O6. The normalized spacial score (nSPS) is 30.1. The fourth-order valence-corrected chi connectivity index (χ4v) is 4.15. The molecule has 1 unspecified atom stereocenters. The highest BCUT2D eigenvalue weighted by atomic mass is 16.7. The average Bonchev–Trinajstić information content (AvgIpc) is 2.88. The number of esters is 1. The monoisotopic (exact) mass is 374 g/mol. The lowest BCUT2D eigenvalue weighted by molar-refractivity contribution is -0.182. The molecule has 0 saturated heterocycles. The molecule has 3 atom stereocenters. The molecule has 1 aliphatic carbocycles. The third kappa shape index (κ3) is 3.47. The Morgan fingerprint density at radius 3 is 2.70 bits per heavy atom. The Morgan fingerprint density at radius 1 is 1.30 bits per heavy atom. The Labute approximate surface area is 158 Å². The van der Waals surface area contributed by atoms with Crippen LogP contribution in [0.3, 0.4) is 0 Å². The van der Waals surface area contributed by atoms with Crippen LogP contribution in [-0.4, -0.2) is 32.5 Å². The van der Waals surface area contributed by atoms with Gasteiger partial charge in [0.1, 0.15) is 11.5 Å². The van der Waals surface area contributed by atoms with Crippen LogP contribution in [0.15, 0.2) is 42.0 Å². The Hall–Kier alpha value is -2.31. The number of allylic oxidation sites excluding steroid dienone is 1. The highest BCUT2D eigenvalue weighted by Gasteiger charge is 2.44. The van der Waals surface area contributed by atoms with Crippen molar-refractivity contribution < 1.29 is 30.0 Å². The van der Waals surface area contributed by atoms with E-state index in [2.05, 4.69) is 6.58 Å². The molecule has 1 aliphatic heterocycles.